The number of hydrogen-bond donors (Lipinski definition) is 0. The molecule has 6 heteroatoms. The molecular weight excluding hydrogens is 1360 g/mol. The monoisotopic (exact) mass is 1430 g/mol. The van der Waals surface area contributed by atoms with Crippen LogP contribution in [0.25, 0.3) is 146 Å². The fourth-order valence-corrected chi connectivity index (χ4v) is 18.3. The summed E-state index contributed by atoms with van der Waals surface area (Å²) in [6.45, 7) is 0. The minimum atomic E-state index is -0.661. The van der Waals surface area contributed by atoms with Gasteiger partial charge in [0, 0.05) is 55.6 Å². The number of benzene rings is 16. The first kappa shape index (κ1) is 64.5. The van der Waals surface area contributed by atoms with Crippen molar-refractivity contribution < 1.29 is 9.47 Å². The highest BCUT2D eigenvalue weighted by Gasteiger charge is 2.53. The van der Waals surface area contributed by atoms with Gasteiger partial charge in [0.05, 0.1) is 33.6 Å². The van der Waals surface area contributed by atoms with E-state index in [2.05, 4.69) is 346 Å². The molecule has 16 aromatic carbocycles. The highest BCUT2D eigenvalue weighted by atomic mass is 16.5. The zero-order valence-corrected chi connectivity index (χ0v) is 60.7. The molecule has 1 unspecified atom stereocenters. The smallest absolute Gasteiger partial charge is 0.160 e. The van der Waals surface area contributed by atoms with E-state index in [0.717, 1.165) is 157 Å². The highest BCUT2D eigenvalue weighted by Crippen LogP contribution is 2.65. The largest absolute Gasteiger partial charge is 0.457 e. The maximum absolute atomic E-state index is 7.12. The van der Waals surface area contributed by atoms with Crippen molar-refractivity contribution in [2.24, 2.45) is 0 Å². The van der Waals surface area contributed by atoms with E-state index in [9.17, 15) is 0 Å². The molecule has 0 N–H and O–H groups in total. The van der Waals surface area contributed by atoms with Crippen LogP contribution in [0.3, 0.4) is 0 Å². The summed E-state index contributed by atoms with van der Waals surface area (Å²) >= 11 is 0. The second kappa shape index (κ2) is 26.0. The molecule has 522 valence electrons. The first-order valence-corrected chi connectivity index (χ1v) is 38.2. The molecular formula is C106H66N4O2. The van der Waals surface area contributed by atoms with Gasteiger partial charge in [-0.1, -0.05) is 358 Å². The van der Waals surface area contributed by atoms with E-state index in [1.807, 2.05) is 54.6 Å². The van der Waals surface area contributed by atoms with Gasteiger partial charge in [-0.15, -0.1) is 0 Å². The molecule has 0 fully saturated rings. The van der Waals surface area contributed by atoms with Crippen molar-refractivity contribution in [3.63, 3.8) is 0 Å². The summed E-state index contributed by atoms with van der Waals surface area (Å²) in [5.74, 6) is 4.77. The maximum atomic E-state index is 7.12. The van der Waals surface area contributed by atoms with Crippen LogP contribution in [-0.4, -0.2) is 19.9 Å². The molecule has 0 saturated heterocycles. The Balaban J connectivity index is 0.576. The van der Waals surface area contributed by atoms with Crippen molar-refractivity contribution >= 4 is 0 Å². The molecule has 2 spiro atoms. The molecule has 0 bridgehead atoms. The third-order valence-corrected chi connectivity index (χ3v) is 23.4. The van der Waals surface area contributed by atoms with Crippen LogP contribution < -0.4 is 9.47 Å². The molecule has 1 atom stereocenters. The maximum Gasteiger partial charge on any atom is 0.160 e. The van der Waals surface area contributed by atoms with E-state index in [0.29, 0.717) is 11.6 Å². The Bertz CT molecular complexity index is 6690. The Morgan fingerprint density at radius 2 is 0.429 bits per heavy atom. The van der Waals surface area contributed by atoms with Crippen LogP contribution in [0.2, 0.25) is 0 Å². The van der Waals surface area contributed by atoms with Gasteiger partial charge in [0.2, 0.25) is 0 Å². The lowest BCUT2D eigenvalue weighted by Gasteiger charge is -2.39. The Hall–Kier alpha value is -14.7. The SMILES string of the molecule is c1ccc(-c2cc(-c3ccc(-c4ccccc4-c4ccc5c(c4)Oc4ccccc4C54c5ccccc5-c5cc(-c6ccc(-c7cc(-c8ccccc8-c8ccc(-c9ccc%10c(c9)Oc9ccccc9C%109c%10ccccc%10-c%10ccccc%109)cc8)nc(-c8ccccc8)n7)cc6)ccc54)cc3)nc(-c3ccccc3)n2)cc1. The average molecular weight is 1430 g/mol. The first-order chi connectivity index (χ1) is 55.5. The third kappa shape index (κ3) is 10.3. The van der Waals surface area contributed by atoms with Crippen molar-refractivity contribution in [3.8, 4) is 169 Å². The summed E-state index contributed by atoms with van der Waals surface area (Å²) in [5, 5.41) is 0. The number of nitrogens with zero attached hydrogens (tertiary/aromatic N) is 4. The third-order valence-electron chi connectivity index (χ3n) is 23.4. The second-order valence-electron chi connectivity index (χ2n) is 29.4. The summed E-state index contributed by atoms with van der Waals surface area (Å²) in [6, 6.07) is 143. The van der Waals surface area contributed by atoms with E-state index < -0.39 is 10.8 Å². The van der Waals surface area contributed by atoms with Crippen molar-refractivity contribution in [3.05, 3.63) is 445 Å². The summed E-state index contributed by atoms with van der Waals surface area (Å²) in [6.07, 6.45) is 0. The summed E-state index contributed by atoms with van der Waals surface area (Å²) in [7, 11) is 0. The van der Waals surface area contributed by atoms with Crippen molar-refractivity contribution in [1.82, 2.24) is 19.9 Å². The second-order valence-corrected chi connectivity index (χ2v) is 29.4. The van der Waals surface area contributed by atoms with Crippen LogP contribution in [0.5, 0.6) is 23.0 Å². The van der Waals surface area contributed by atoms with Crippen LogP contribution in [0, 0.1) is 0 Å². The topological polar surface area (TPSA) is 70.0 Å². The predicted octanol–water partition coefficient (Wildman–Crippen LogP) is 26.5. The standard InChI is InChI=1S/C106H66N4O2/c1-4-24-71(25-5-1)95-65-96(108-103(107-95)74-26-6-2-7-27-74)73-54-50-69(51-55-73)79-30-10-11-32-81(79)78-58-61-94-102(64-78)112-100-43-23-21-41-92(100)106(94)89-39-19-16-35-84(89)86-62-76(56-59-90(86)106)67-46-52-72(53-47-67)97-66-98(110-104(109-97)75-28-8-3-9-29-75)85-36-13-12-31-80(85)70-48-44-68(45-49-70)77-57-60-93-101(63-77)111-99-42-22-20-40-91(99)105(93)87-37-17-14-33-82(87)83-34-15-18-38-88(83)105/h1-66H. The minimum Gasteiger partial charge on any atom is -0.457 e. The number of ether oxygens (including phenoxy) is 2. The quantitative estimate of drug-likeness (QED) is 0.129. The molecule has 2 aromatic heterocycles. The van der Waals surface area contributed by atoms with Gasteiger partial charge in [-0.25, -0.2) is 19.9 Å². The van der Waals surface area contributed by atoms with Gasteiger partial charge in [-0.3, -0.25) is 0 Å². The van der Waals surface area contributed by atoms with Crippen LogP contribution in [-0.2, 0) is 10.8 Å². The van der Waals surface area contributed by atoms with Gasteiger partial charge < -0.3 is 9.47 Å². The van der Waals surface area contributed by atoms with E-state index in [1.54, 1.807) is 0 Å². The van der Waals surface area contributed by atoms with Crippen molar-refractivity contribution in [2.45, 2.75) is 10.8 Å². The van der Waals surface area contributed by atoms with Crippen LogP contribution in [0.15, 0.2) is 400 Å². The number of aromatic nitrogens is 4. The van der Waals surface area contributed by atoms with Gasteiger partial charge in [0.25, 0.3) is 0 Å². The Morgan fingerprint density at radius 3 is 0.902 bits per heavy atom. The lowest BCUT2D eigenvalue weighted by Crippen LogP contribution is -2.32. The molecule has 2 aliphatic carbocycles. The van der Waals surface area contributed by atoms with Gasteiger partial charge in [0.15, 0.2) is 11.6 Å². The van der Waals surface area contributed by atoms with E-state index in [-0.39, 0.29) is 0 Å². The zero-order chi connectivity index (χ0) is 73.9. The lowest BCUT2D eigenvalue weighted by atomic mass is 9.66. The molecule has 2 aliphatic heterocycles. The normalized spacial score (nSPS) is 14.0. The van der Waals surface area contributed by atoms with Gasteiger partial charge >= 0.3 is 0 Å². The van der Waals surface area contributed by atoms with E-state index in [1.165, 1.54) is 44.5 Å². The molecule has 0 saturated carbocycles. The molecule has 18 aromatic rings. The zero-order valence-electron chi connectivity index (χ0n) is 60.7. The molecule has 0 amide bonds. The number of hydrogen-bond acceptors (Lipinski definition) is 6. The van der Waals surface area contributed by atoms with Gasteiger partial charge in [-0.2, -0.15) is 0 Å². The van der Waals surface area contributed by atoms with Crippen LogP contribution in [0.1, 0.15) is 44.5 Å². The molecule has 6 nitrogen and oxygen atoms in total. The number of para-hydroxylation sites is 2. The van der Waals surface area contributed by atoms with Crippen molar-refractivity contribution in [2.75, 3.05) is 0 Å². The predicted molar refractivity (Wildman–Crippen MR) is 452 cm³/mol. The average Bonchev–Trinajstić information content (AvgIpc) is 1.50. The Labute approximate surface area is 649 Å². The van der Waals surface area contributed by atoms with Gasteiger partial charge in [-0.05, 0) is 143 Å². The first-order valence-electron chi connectivity index (χ1n) is 38.2. The highest BCUT2D eigenvalue weighted by molar-refractivity contribution is 5.95. The number of fused-ring (bicyclic) bond motifs is 18. The van der Waals surface area contributed by atoms with Crippen molar-refractivity contribution in [1.29, 1.82) is 0 Å². The summed E-state index contributed by atoms with van der Waals surface area (Å²) in [4.78, 5) is 20.9. The molecule has 4 aliphatic rings. The summed E-state index contributed by atoms with van der Waals surface area (Å²) < 4.78 is 14.0. The fraction of sp³-hybridized carbons (Fsp3) is 0.0189. The van der Waals surface area contributed by atoms with Gasteiger partial charge in [0.1, 0.15) is 23.0 Å². The molecule has 4 heterocycles. The van der Waals surface area contributed by atoms with Crippen LogP contribution in [0.4, 0.5) is 0 Å². The molecule has 112 heavy (non-hydrogen) atoms. The lowest BCUT2D eigenvalue weighted by molar-refractivity contribution is 0.436. The molecule has 0 radical (unpaired) electrons. The summed E-state index contributed by atoms with van der Waals surface area (Å²) in [5.41, 5.74) is 33.7. The minimum absolute atomic E-state index is 0.514. The Kier molecular flexibility index (Phi) is 15.0. The van der Waals surface area contributed by atoms with E-state index >= 15 is 0 Å². The fourth-order valence-electron chi connectivity index (χ4n) is 18.3. The number of rotatable bonds is 11. The van der Waals surface area contributed by atoms with E-state index in [4.69, 9.17) is 29.4 Å². The Morgan fingerprint density at radius 1 is 0.152 bits per heavy atom. The molecule has 22 rings (SSSR count). The van der Waals surface area contributed by atoms with Crippen LogP contribution >= 0.6 is 0 Å².